The quantitative estimate of drug-likeness (QED) is 0.542. The fourth-order valence-electron chi connectivity index (χ4n) is 3.26. The van der Waals surface area contributed by atoms with Gasteiger partial charge in [-0.3, -0.25) is 9.36 Å². The molecular weight excluding hydrogens is 434 g/mol. The minimum atomic E-state index is -0.355. The van der Waals surface area contributed by atoms with Crippen LogP contribution >= 0.6 is 23.4 Å². The minimum Gasteiger partial charge on any atom is -0.378 e. The van der Waals surface area contributed by atoms with Crippen molar-refractivity contribution >= 4 is 40.9 Å². The van der Waals surface area contributed by atoms with Crippen LogP contribution in [0, 0.1) is 0 Å². The van der Waals surface area contributed by atoms with Crippen molar-refractivity contribution in [1.82, 2.24) is 14.8 Å². The molecular formula is C22H24ClN5O2S. The number of anilines is 2. The van der Waals surface area contributed by atoms with E-state index in [1.165, 1.54) is 11.8 Å². The number of amides is 1. The number of nitrogens with one attached hydrogen (secondary N) is 1. The molecule has 1 saturated heterocycles. The zero-order valence-corrected chi connectivity index (χ0v) is 18.8. The average Bonchev–Trinajstić information content (AvgIpc) is 3.18. The number of carbonyl (C=O) groups excluding carboxylic acids is 1. The van der Waals surface area contributed by atoms with E-state index in [1.54, 1.807) is 24.3 Å². The second-order valence-corrected chi connectivity index (χ2v) is 8.95. The van der Waals surface area contributed by atoms with Crippen LogP contribution in [0.4, 0.5) is 11.6 Å². The van der Waals surface area contributed by atoms with Gasteiger partial charge in [0.2, 0.25) is 11.9 Å². The highest BCUT2D eigenvalue weighted by Gasteiger charge is 2.24. The SMILES string of the molecule is CC(Sc1nnc(N2CCOCC2)n1Cc1ccccc1)C(=O)Nc1ccc(Cl)cc1. The lowest BCUT2D eigenvalue weighted by Gasteiger charge is -2.28. The lowest BCUT2D eigenvalue weighted by atomic mass is 10.2. The van der Waals surface area contributed by atoms with Crippen LogP contribution in [0.1, 0.15) is 12.5 Å². The highest BCUT2D eigenvalue weighted by atomic mass is 35.5. The molecule has 7 nitrogen and oxygen atoms in total. The second kappa shape index (κ2) is 10.2. The van der Waals surface area contributed by atoms with Gasteiger partial charge < -0.3 is 15.0 Å². The van der Waals surface area contributed by atoms with Gasteiger partial charge in [-0.05, 0) is 36.8 Å². The van der Waals surface area contributed by atoms with Crippen molar-refractivity contribution in [3.05, 3.63) is 65.2 Å². The van der Waals surface area contributed by atoms with Crippen molar-refractivity contribution in [2.75, 3.05) is 36.5 Å². The normalized spacial score (nSPS) is 15.0. The molecule has 0 saturated carbocycles. The van der Waals surface area contributed by atoms with Crippen LogP contribution < -0.4 is 10.2 Å². The third kappa shape index (κ3) is 5.58. The Morgan fingerprint density at radius 2 is 1.84 bits per heavy atom. The number of nitrogens with zero attached hydrogens (tertiary/aromatic N) is 4. The Kier molecular flexibility index (Phi) is 7.11. The highest BCUT2D eigenvalue weighted by Crippen LogP contribution is 2.28. The van der Waals surface area contributed by atoms with Crippen LogP contribution in [0.15, 0.2) is 59.8 Å². The first-order chi connectivity index (χ1) is 15.1. The molecule has 9 heteroatoms. The number of rotatable bonds is 7. The zero-order chi connectivity index (χ0) is 21.6. The molecule has 1 aliphatic heterocycles. The molecule has 1 N–H and O–H groups in total. The van der Waals surface area contributed by atoms with E-state index in [2.05, 4.69) is 37.1 Å². The van der Waals surface area contributed by atoms with Crippen molar-refractivity contribution in [2.45, 2.75) is 23.9 Å². The molecule has 3 aromatic rings. The summed E-state index contributed by atoms with van der Waals surface area (Å²) in [5.74, 6) is 0.703. The van der Waals surface area contributed by atoms with Crippen molar-refractivity contribution in [3.8, 4) is 0 Å². The summed E-state index contributed by atoms with van der Waals surface area (Å²) in [5.41, 5.74) is 1.86. The molecule has 0 aliphatic carbocycles. The number of halogens is 1. The van der Waals surface area contributed by atoms with Gasteiger partial charge in [0.1, 0.15) is 0 Å². The fraction of sp³-hybridized carbons (Fsp3) is 0.318. The Morgan fingerprint density at radius 1 is 1.13 bits per heavy atom. The topological polar surface area (TPSA) is 72.3 Å². The summed E-state index contributed by atoms with van der Waals surface area (Å²) in [6.45, 7) is 5.37. The van der Waals surface area contributed by atoms with Gasteiger partial charge in [0, 0.05) is 23.8 Å². The minimum absolute atomic E-state index is 0.102. The van der Waals surface area contributed by atoms with Crippen LogP contribution in [0.3, 0.4) is 0 Å². The van der Waals surface area contributed by atoms with Gasteiger partial charge >= 0.3 is 0 Å². The molecule has 1 unspecified atom stereocenters. The number of benzene rings is 2. The molecule has 162 valence electrons. The maximum absolute atomic E-state index is 12.7. The first-order valence-electron chi connectivity index (χ1n) is 10.1. The summed E-state index contributed by atoms with van der Waals surface area (Å²) >= 11 is 7.32. The van der Waals surface area contributed by atoms with Gasteiger partial charge in [-0.2, -0.15) is 0 Å². The van der Waals surface area contributed by atoms with Gasteiger partial charge in [0.25, 0.3) is 0 Å². The lowest BCUT2D eigenvalue weighted by Crippen LogP contribution is -2.38. The maximum atomic E-state index is 12.7. The van der Waals surface area contributed by atoms with E-state index >= 15 is 0 Å². The van der Waals surface area contributed by atoms with E-state index in [0.717, 1.165) is 24.6 Å². The van der Waals surface area contributed by atoms with E-state index in [-0.39, 0.29) is 11.2 Å². The second-order valence-electron chi connectivity index (χ2n) is 7.21. The molecule has 1 atom stereocenters. The van der Waals surface area contributed by atoms with Gasteiger partial charge in [0.15, 0.2) is 5.16 Å². The number of ether oxygens (including phenoxy) is 1. The number of aromatic nitrogens is 3. The fourth-order valence-corrected chi connectivity index (χ4v) is 4.23. The van der Waals surface area contributed by atoms with Crippen molar-refractivity contribution in [3.63, 3.8) is 0 Å². The standard InChI is InChI=1S/C22H24ClN5O2S/c1-16(20(29)24-19-9-7-18(23)8-10-19)31-22-26-25-21(27-11-13-30-14-12-27)28(22)15-17-5-3-2-4-6-17/h2-10,16H,11-15H2,1H3,(H,24,29). The Labute approximate surface area is 190 Å². The monoisotopic (exact) mass is 457 g/mol. The van der Waals surface area contributed by atoms with E-state index < -0.39 is 0 Å². The molecule has 1 amide bonds. The predicted octanol–water partition coefficient (Wildman–Crippen LogP) is 3.94. The predicted molar refractivity (Wildman–Crippen MR) is 124 cm³/mol. The molecule has 1 fully saturated rings. The summed E-state index contributed by atoms with van der Waals surface area (Å²) in [6, 6.07) is 17.3. The zero-order valence-electron chi connectivity index (χ0n) is 17.2. The maximum Gasteiger partial charge on any atom is 0.237 e. The van der Waals surface area contributed by atoms with E-state index in [1.807, 2.05) is 25.1 Å². The molecule has 0 radical (unpaired) electrons. The Bertz CT molecular complexity index is 1010. The number of hydrogen-bond donors (Lipinski definition) is 1. The number of carbonyl (C=O) groups is 1. The van der Waals surface area contributed by atoms with Gasteiger partial charge in [0.05, 0.1) is 25.0 Å². The molecule has 2 aromatic carbocycles. The van der Waals surface area contributed by atoms with Crippen molar-refractivity contribution in [1.29, 1.82) is 0 Å². The Balaban J connectivity index is 1.52. The Hall–Kier alpha value is -2.55. The molecule has 31 heavy (non-hydrogen) atoms. The first-order valence-corrected chi connectivity index (χ1v) is 11.4. The van der Waals surface area contributed by atoms with Crippen LogP contribution in [0.25, 0.3) is 0 Å². The largest absolute Gasteiger partial charge is 0.378 e. The Morgan fingerprint density at radius 3 is 2.55 bits per heavy atom. The molecule has 4 rings (SSSR count). The van der Waals surface area contributed by atoms with Gasteiger partial charge in [-0.25, -0.2) is 0 Å². The smallest absolute Gasteiger partial charge is 0.237 e. The molecule has 1 aliphatic rings. The number of hydrogen-bond acceptors (Lipinski definition) is 6. The van der Waals surface area contributed by atoms with Crippen LogP contribution in [0.5, 0.6) is 0 Å². The number of morpholine rings is 1. The van der Waals surface area contributed by atoms with Crippen LogP contribution in [-0.4, -0.2) is 52.2 Å². The van der Waals surface area contributed by atoms with Crippen LogP contribution in [-0.2, 0) is 16.1 Å². The summed E-state index contributed by atoms with van der Waals surface area (Å²) < 4.78 is 7.56. The summed E-state index contributed by atoms with van der Waals surface area (Å²) in [7, 11) is 0. The first kappa shape index (κ1) is 21.7. The molecule has 0 bridgehead atoms. The van der Waals surface area contributed by atoms with E-state index in [9.17, 15) is 4.79 Å². The summed E-state index contributed by atoms with van der Waals surface area (Å²) in [6.07, 6.45) is 0. The van der Waals surface area contributed by atoms with Crippen LogP contribution in [0.2, 0.25) is 5.02 Å². The third-order valence-corrected chi connectivity index (χ3v) is 6.27. The highest BCUT2D eigenvalue weighted by molar-refractivity contribution is 8.00. The van der Waals surface area contributed by atoms with E-state index in [0.29, 0.717) is 35.6 Å². The number of thioether (sulfide) groups is 1. The van der Waals surface area contributed by atoms with Gasteiger partial charge in [-0.1, -0.05) is 53.7 Å². The molecule has 1 aromatic heterocycles. The summed E-state index contributed by atoms with van der Waals surface area (Å²) in [4.78, 5) is 14.9. The van der Waals surface area contributed by atoms with Gasteiger partial charge in [-0.15, -0.1) is 10.2 Å². The van der Waals surface area contributed by atoms with Crippen molar-refractivity contribution in [2.24, 2.45) is 0 Å². The van der Waals surface area contributed by atoms with E-state index in [4.69, 9.17) is 16.3 Å². The average molecular weight is 458 g/mol. The third-order valence-electron chi connectivity index (χ3n) is 4.94. The lowest BCUT2D eigenvalue weighted by molar-refractivity contribution is -0.115. The molecule has 2 heterocycles. The van der Waals surface area contributed by atoms with Crippen molar-refractivity contribution < 1.29 is 9.53 Å². The summed E-state index contributed by atoms with van der Waals surface area (Å²) in [5, 5.41) is 12.8. The molecule has 0 spiro atoms.